The van der Waals surface area contributed by atoms with E-state index in [0.717, 1.165) is 0 Å². The summed E-state index contributed by atoms with van der Waals surface area (Å²) in [6.07, 6.45) is 0.239. The first-order valence-electron chi connectivity index (χ1n) is 7.83. The van der Waals surface area contributed by atoms with Crippen molar-refractivity contribution >= 4 is 58.0 Å². The molecule has 0 fully saturated rings. The van der Waals surface area contributed by atoms with Crippen LogP contribution in [0.1, 0.15) is 6.42 Å². The maximum Gasteiger partial charge on any atom is 0.238 e. The highest BCUT2D eigenvalue weighted by Gasteiger charge is 2.12. The minimum Gasteiger partial charge on any atom is -0.326 e. The van der Waals surface area contributed by atoms with Crippen LogP contribution in [0.5, 0.6) is 0 Å². The Morgan fingerprint density at radius 1 is 0.962 bits per heavy atom. The van der Waals surface area contributed by atoms with Crippen molar-refractivity contribution < 1.29 is 9.59 Å². The van der Waals surface area contributed by atoms with Crippen LogP contribution in [0.4, 0.5) is 11.4 Å². The molecule has 0 aliphatic heterocycles. The van der Waals surface area contributed by atoms with Gasteiger partial charge in [-0.05, 0) is 37.4 Å². The molecular weight excluding hydrogens is 397 g/mol. The minimum absolute atomic E-state index is 0.103. The van der Waals surface area contributed by atoms with Gasteiger partial charge >= 0.3 is 0 Å². The summed E-state index contributed by atoms with van der Waals surface area (Å²) in [5.74, 6) is -0.425. The molecule has 0 spiro atoms. The van der Waals surface area contributed by atoms with Crippen molar-refractivity contribution in [3.63, 3.8) is 0 Å². The summed E-state index contributed by atoms with van der Waals surface area (Å²) >= 11 is 17.9. The molecule has 2 aromatic rings. The SMILES string of the molecule is CN(CCC(=O)Nc1cccc(Cl)c1)CC(=O)Nc1c(Cl)cccc1Cl. The van der Waals surface area contributed by atoms with Gasteiger partial charge in [-0.1, -0.05) is 46.9 Å². The molecule has 26 heavy (non-hydrogen) atoms. The number of carbonyl (C=O) groups is 2. The molecule has 0 atom stereocenters. The van der Waals surface area contributed by atoms with E-state index in [1.807, 2.05) is 0 Å². The standard InChI is InChI=1S/C18H18Cl3N3O2/c1-24(9-8-16(25)22-13-5-2-4-12(19)10-13)11-17(26)23-18-14(20)6-3-7-15(18)21/h2-7,10H,8-9,11H2,1H3,(H,22,25)(H,23,26). The Bertz CT molecular complexity index is 779. The fourth-order valence-electron chi connectivity index (χ4n) is 2.20. The molecule has 8 heteroatoms. The highest BCUT2D eigenvalue weighted by atomic mass is 35.5. The second-order valence-electron chi connectivity index (χ2n) is 5.69. The molecule has 0 bridgehead atoms. The van der Waals surface area contributed by atoms with E-state index >= 15 is 0 Å². The van der Waals surface area contributed by atoms with Gasteiger partial charge in [0.2, 0.25) is 11.8 Å². The van der Waals surface area contributed by atoms with Crippen LogP contribution in [0.15, 0.2) is 42.5 Å². The topological polar surface area (TPSA) is 61.4 Å². The lowest BCUT2D eigenvalue weighted by Crippen LogP contribution is -2.32. The second kappa shape index (κ2) is 9.78. The van der Waals surface area contributed by atoms with Gasteiger partial charge in [-0.3, -0.25) is 14.5 Å². The summed E-state index contributed by atoms with van der Waals surface area (Å²) in [6, 6.07) is 11.9. The number of halogens is 3. The van der Waals surface area contributed by atoms with E-state index in [9.17, 15) is 9.59 Å². The maximum absolute atomic E-state index is 12.1. The predicted octanol–water partition coefficient (Wildman–Crippen LogP) is 4.55. The fourth-order valence-corrected chi connectivity index (χ4v) is 2.88. The van der Waals surface area contributed by atoms with Crippen LogP contribution in [0.3, 0.4) is 0 Å². The van der Waals surface area contributed by atoms with Gasteiger partial charge in [0.15, 0.2) is 0 Å². The van der Waals surface area contributed by atoms with E-state index in [4.69, 9.17) is 34.8 Å². The molecule has 0 radical (unpaired) electrons. The first-order valence-corrected chi connectivity index (χ1v) is 8.96. The van der Waals surface area contributed by atoms with Gasteiger partial charge in [0.25, 0.3) is 0 Å². The van der Waals surface area contributed by atoms with Gasteiger partial charge in [-0.15, -0.1) is 0 Å². The van der Waals surface area contributed by atoms with Crippen molar-refractivity contribution in [2.24, 2.45) is 0 Å². The van der Waals surface area contributed by atoms with Crippen LogP contribution in [-0.4, -0.2) is 36.9 Å². The number of nitrogens with one attached hydrogen (secondary N) is 2. The van der Waals surface area contributed by atoms with Gasteiger partial charge in [0.05, 0.1) is 22.3 Å². The lowest BCUT2D eigenvalue weighted by molar-refractivity contribution is -0.119. The Labute approximate surface area is 167 Å². The van der Waals surface area contributed by atoms with Crippen molar-refractivity contribution in [3.05, 3.63) is 57.5 Å². The van der Waals surface area contributed by atoms with E-state index < -0.39 is 0 Å². The zero-order chi connectivity index (χ0) is 19.1. The third-order valence-electron chi connectivity index (χ3n) is 3.47. The largest absolute Gasteiger partial charge is 0.326 e. The predicted molar refractivity (Wildman–Crippen MR) is 107 cm³/mol. The molecule has 0 aliphatic rings. The van der Waals surface area contributed by atoms with E-state index in [0.29, 0.717) is 33.0 Å². The second-order valence-corrected chi connectivity index (χ2v) is 6.94. The van der Waals surface area contributed by atoms with Crippen LogP contribution in [0, 0.1) is 0 Å². The van der Waals surface area contributed by atoms with Gasteiger partial charge < -0.3 is 10.6 Å². The molecular formula is C18H18Cl3N3O2. The Balaban J connectivity index is 1.78. The number of hydrogen-bond acceptors (Lipinski definition) is 3. The molecule has 2 amide bonds. The van der Waals surface area contributed by atoms with Gasteiger partial charge in [0, 0.05) is 23.7 Å². The molecule has 0 aromatic heterocycles. The monoisotopic (exact) mass is 413 g/mol. The van der Waals surface area contributed by atoms with Crippen LogP contribution in [-0.2, 0) is 9.59 Å². The Morgan fingerprint density at radius 2 is 1.62 bits per heavy atom. The van der Waals surface area contributed by atoms with Crippen molar-refractivity contribution in [2.75, 3.05) is 30.8 Å². The zero-order valence-corrected chi connectivity index (χ0v) is 16.3. The van der Waals surface area contributed by atoms with Crippen LogP contribution < -0.4 is 10.6 Å². The summed E-state index contributed by atoms with van der Waals surface area (Å²) in [5.41, 5.74) is 1.02. The van der Waals surface area contributed by atoms with Crippen molar-refractivity contribution in [1.29, 1.82) is 0 Å². The van der Waals surface area contributed by atoms with Crippen LogP contribution in [0.2, 0.25) is 15.1 Å². The smallest absolute Gasteiger partial charge is 0.238 e. The molecule has 2 aromatic carbocycles. The third kappa shape index (κ3) is 6.50. The molecule has 0 unspecified atom stereocenters. The number of benzene rings is 2. The first-order chi connectivity index (χ1) is 12.3. The highest BCUT2D eigenvalue weighted by molar-refractivity contribution is 6.39. The molecule has 0 saturated carbocycles. The Kier molecular flexibility index (Phi) is 7.72. The van der Waals surface area contributed by atoms with Gasteiger partial charge in [-0.2, -0.15) is 0 Å². The minimum atomic E-state index is -0.266. The number of anilines is 2. The highest BCUT2D eigenvalue weighted by Crippen LogP contribution is 2.29. The quantitative estimate of drug-likeness (QED) is 0.699. The fraction of sp³-hybridized carbons (Fsp3) is 0.222. The Morgan fingerprint density at radius 3 is 2.27 bits per heavy atom. The number of nitrogens with zero attached hydrogens (tertiary/aromatic N) is 1. The number of carbonyl (C=O) groups excluding carboxylic acids is 2. The average Bonchev–Trinajstić information content (AvgIpc) is 2.56. The lowest BCUT2D eigenvalue weighted by Gasteiger charge is -2.17. The summed E-state index contributed by atoms with van der Waals surface area (Å²) in [6.45, 7) is 0.516. The van der Waals surface area contributed by atoms with E-state index in [1.54, 1.807) is 54.4 Å². The number of amides is 2. The Hall–Kier alpha value is -1.79. The first kappa shape index (κ1) is 20.5. The maximum atomic E-state index is 12.1. The molecule has 5 nitrogen and oxygen atoms in total. The van der Waals surface area contributed by atoms with Crippen LogP contribution >= 0.6 is 34.8 Å². The van der Waals surface area contributed by atoms with E-state index in [2.05, 4.69) is 10.6 Å². The average molecular weight is 415 g/mol. The number of rotatable bonds is 7. The number of likely N-dealkylation sites (N-methyl/N-ethyl adjacent to an activating group) is 1. The summed E-state index contributed by atoms with van der Waals surface area (Å²) in [4.78, 5) is 25.8. The van der Waals surface area contributed by atoms with Crippen molar-refractivity contribution in [1.82, 2.24) is 4.90 Å². The lowest BCUT2D eigenvalue weighted by atomic mass is 10.3. The van der Waals surface area contributed by atoms with Crippen LogP contribution in [0.25, 0.3) is 0 Å². The van der Waals surface area contributed by atoms with Crippen molar-refractivity contribution in [2.45, 2.75) is 6.42 Å². The summed E-state index contributed by atoms with van der Waals surface area (Å²) in [7, 11) is 1.75. The number of hydrogen-bond donors (Lipinski definition) is 2. The van der Waals surface area contributed by atoms with Gasteiger partial charge in [-0.25, -0.2) is 0 Å². The molecule has 0 aliphatic carbocycles. The molecule has 138 valence electrons. The zero-order valence-electron chi connectivity index (χ0n) is 14.1. The molecule has 0 saturated heterocycles. The van der Waals surface area contributed by atoms with Crippen molar-refractivity contribution in [3.8, 4) is 0 Å². The van der Waals surface area contributed by atoms with E-state index in [-0.39, 0.29) is 24.8 Å². The summed E-state index contributed by atoms with van der Waals surface area (Å²) < 4.78 is 0. The number of para-hydroxylation sites is 1. The van der Waals surface area contributed by atoms with Gasteiger partial charge in [0.1, 0.15) is 0 Å². The summed E-state index contributed by atoms with van der Waals surface area (Å²) in [5, 5.41) is 6.73. The molecule has 2 rings (SSSR count). The normalized spacial score (nSPS) is 10.7. The van der Waals surface area contributed by atoms with E-state index in [1.165, 1.54) is 0 Å². The molecule has 2 N–H and O–H groups in total. The molecule has 0 heterocycles. The third-order valence-corrected chi connectivity index (χ3v) is 4.33.